The fourth-order valence-electron chi connectivity index (χ4n) is 2.69. The van der Waals surface area contributed by atoms with E-state index < -0.39 is 0 Å². The molecule has 1 aromatic rings. The van der Waals surface area contributed by atoms with Gasteiger partial charge in [-0.1, -0.05) is 23.8 Å². The summed E-state index contributed by atoms with van der Waals surface area (Å²) in [4.78, 5) is 15.9. The molecule has 0 bridgehead atoms. The summed E-state index contributed by atoms with van der Waals surface area (Å²) >= 11 is 0. The van der Waals surface area contributed by atoms with E-state index in [0.717, 1.165) is 57.1 Å². The van der Waals surface area contributed by atoms with Gasteiger partial charge >= 0.3 is 0 Å². The maximum Gasteiger partial charge on any atom is 0.251 e. The summed E-state index contributed by atoms with van der Waals surface area (Å²) in [6, 6.07) is 7.69. The number of halogens is 1. The molecule has 26 heavy (non-hydrogen) atoms. The highest BCUT2D eigenvalue weighted by molar-refractivity contribution is 14.0. The second-order valence-electron chi connectivity index (χ2n) is 5.89. The second kappa shape index (κ2) is 12.7. The first-order chi connectivity index (χ1) is 12.2. The molecule has 0 fully saturated rings. The third-order valence-electron chi connectivity index (χ3n) is 4.14. The molecule has 1 heterocycles. The Morgan fingerprint density at radius 2 is 2.00 bits per heavy atom. The zero-order valence-corrected chi connectivity index (χ0v) is 17.8. The summed E-state index contributed by atoms with van der Waals surface area (Å²) < 4.78 is 5.32. The Morgan fingerprint density at radius 1 is 1.23 bits per heavy atom. The van der Waals surface area contributed by atoms with E-state index in [9.17, 15) is 4.79 Å². The summed E-state index contributed by atoms with van der Waals surface area (Å²) in [6.45, 7) is 3.18. The molecule has 1 aliphatic heterocycles. The van der Waals surface area contributed by atoms with Gasteiger partial charge in [0.1, 0.15) is 0 Å². The molecule has 6 nitrogen and oxygen atoms in total. The van der Waals surface area contributed by atoms with Crippen molar-refractivity contribution in [2.75, 3.05) is 40.4 Å². The van der Waals surface area contributed by atoms with E-state index in [0.29, 0.717) is 5.56 Å². The lowest BCUT2D eigenvalue weighted by molar-refractivity contribution is 0.0963. The topological polar surface area (TPSA) is 74.8 Å². The minimum atomic E-state index is -0.0605. The average Bonchev–Trinajstić information content (AvgIpc) is 2.67. The van der Waals surface area contributed by atoms with Crippen LogP contribution in [0.5, 0.6) is 0 Å². The van der Waals surface area contributed by atoms with Crippen LogP contribution in [0.3, 0.4) is 0 Å². The number of carbonyl (C=O) groups is 1. The Hall–Kier alpha value is -1.61. The van der Waals surface area contributed by atoms with Gasteiger partial charge in [0.05, 0.1) is 13.2 Å². The van der Waals surface area contributed by atoms with Gasteiger partial charge in [0.15, 0.2) is 5.96 Å². The van der Waals surface area contributed by atoms with Gasteiger partial charge in [-0.2, -0.15) is 0 Å². The Labute approximate surface area is 172 Å². The lowest BCUT2D eigenvalue weighted by atomic mass is 10.1. The monoisotopic (exact) mass is 472 g/mol. The minimum absolute atomic E-state index is 0. The molecule has 0 spiro atoms. The van der Waals surface area contributed by atoms with E-state index >= 15 is 0 Å². The number of amides is 1. The van der Waals surface area contributed by atoms with Crippen LogP contribution in [0.1, 0.15) is 28.8 Å². The molecule has 7 heteroatoms. The fraction of sp³-hybridized carbons (Fsp3) is 0.474. The van der Waals surface area contributed by atoms with Crippen molar-refractivity contribution in [3.05, 3.63) is 47.0 Å². The number of hydrogen-bond acceptors (Lipinski definition) is 3. The van der Waals surface area contributed by atoms with E-state index in [1.807, 2.05) is 24.3 Å². The standard InChI is InChI=1S/C19H28N4O2.HI/c1-20-18(24)17-5-3-4-16(14-17)7-11-23-19(21-2)22-10-6-15-8-12-25-13-9-15;/h3-5,8,14H,6-7,9-13H2,1-2H3,(H,20,24)(H2,21,22,23);1H. The number of ether oxygens (including phenoxy) is 1. The Morgan fingerprint density at radius 3 is 2.65 bits per heavy atom. The van der Waals surface area contributed by atoms with Crippen LogP contribution in [0.2, 0.25) is 0 Å². The maximum absolute atomic E-state index is 11.7. The van der Waals surface area contributed by atoms with Crippen molar-refractivity contribution < 1.29 is 9.53 Å². The van der Waals surface area contributed by atoms with Crippen molar-refractivity contribution in [3.63, 3.8) is 0 Å². The first kappa shape index (κ1) is 22.4. The van der Waals surface area contributed by atoms with Crippen molar-refractivity contribution in [1.82, 2.24) is 16.0 Å². The van der Waals surface area contributed by atoms with Gasteiger partial charge in [0.2, 0.25) is 0 Å². The van der Waals surface area contributed by atoms with Crippen LogP contribution in [-0.2, 0) is 11.2 Å². The zero-order chi connectivity index (χ0) is 17.9. The summed E-state index contributed by atoms with van der Waals surface area (Å²) in [5.74, 6) is 0.741. The van der Waals surface area contributed by atoms with Gasteiger partial charge in [-0.15, -0.1) is 24.0 Å². The first-order valence-electron chi connectivity index (χ1n) is 8.74. The predicted octanol–water partition coefficient (Wildman–Crippen LogP) is 2.11. The van der Waals surface area contributed by atoms with Gasteiger partial charge in [-0.3, -0.25) is 9.79 Å². The smallest absolute Gasteiger partial charge is 0.251 e. The molecule has 0 unspecified atom stereocenters. The lowest BCUT2D eigenvalue weighted by Crippen LogP contribution is -2.38. The molecule has 0 atom stereocenters. The normalized spacial score (nSPS) is 14.1. The molecule has 0 aromatic heterocycles. The quantitative estimate of drug-likeness (QED) is 0.246. The van der Waals surface area contributed by atoms with Gasteiger partial charge in [0, 0.05) is 32.7 Å². The van der Waals surface area contributed by atoms with E-state index in [1.165, 1.54) is 5.57 Å². The molecule has 0 radical (unpaired) electrons. The number of hydrogen-bond donors (Lipinski definition) is 3. The lowest BCUT2D eigenvalue weighted by Gasteiger charge is -2.15. The van der Waals surface area contributed by atoms with Crippen LogP contribution in [0.15, 0.2) is 40.9 Å². The molecule has 2 rings (SSSR count). The van der Waals surface area contributed by atoms with E-state index in [1.54, 1.807) is 14.1 Å². The molecule has 0 saturated heterocycles. The number of aliphatic imine (C=N–C) groups is 1. The van der Waals surface area contributed by atoms with Gasteiger partial charge in [0.25, 0.3) is 5.91 Å². The summed E-state index contributed by atoms with van der Waals surface area (Å²) in [7, 11) is 3.41. The highest BCUT2D eigenvalue weighted by Crippen LogP contribution is 2.10. The number of nitrogens with one attached hydrogen (secondary N) is 3. The number of nitrogens with zero attached hydrogens (tertiary/aromatic N) is 1. The van der Waals surface area contributed by atoms with Crippen molar-refractivity contribution in [3.8, 4) is 0 Å². The predicted molar refractivity (Wildman–Crippen MR) is 116 cm³/mol. The molecular formula is C19H29IN4O2. The number of carbonyl (C=O) groups excluding carboxylic acids is 1. The molecule has 3 N–H and O–H groups in total. The number of rotatable bonds is 7. The van der Waals surface area contributed by atoms with Gasteiger partial charge in [-0.05, 0) is 37.0 Å². The zero-order valence-electron chi connectivity index (χ0n) is 15.5. The van der Waals surface area contributed by atoms with Gasteiger partial charge in [-0.25, -0.2) is 0 Å². The van der Waals surface area contributed by atoms with Crippen molar-refractivity contribution in [1.29, 1.82) is 0 Å². The average molecular weight is 472 g/mol. The summed E-state index contributed by atoms with van der Waals surface area (Å²) in [5, 5.41) is 9.29. The van der Waals surface area contributed by atoms with Gasteiger partial charge < -0.3 is 20.7 Å². The highest BCUT2D eigenvalue weighted by atomic mass is 127. The number of guanidine groups is 1. The van der Waals surface area contributed by atoms with E-state index in [-0.39, 0.29) is 29.9 Å². The molecule has 1 aliphatic rings. The largest absolute Gasteiger partial charge is 0.377 e. The molecular weight excluding hydrogens is 443 g/mol. The van der Waals surface area contributed by atoms with Crippen molar-refractivity contribution in [2.24, 2.45) is 4.99 Å². The Balaban J connectivity index is 0.00000338. The fourth-order valence-corrected chi connectivity index (χ4v) is 2.69. The third-order valence-corrected chi connectivity index (χ3v) is 4.14. The van der Waals surface area contributed by atoms with Crippen molar-refractivity contribution in [2.45, 2.75) is 19.3 Å². The Bertz CT molecular complexity index is 632. The van der Waals surface area contributed by atoms with Crippen LogP contribution in [0, 0.1) is 0 Å². The summed E-state index contributed by atoms with van der Waals surface area (Å²) in [6.07, 6.45) is 5.03. The van der Waals surface area contributed by atoms with Crippen LogP contribution < -0.4 is 16.0 Å². The molecule has 0 aliphatic carbocycles. The van der Waals surface area contributed by atoms with Crippen LogP contribution >= 0.6 is 24.0 Å². The van der Waals surface area contributed by atoms with Crippen molar-refractivity contribution >= 4 is 35.8 Å². The van der Waals surface area contributed by atoms with Crippen LogP contribution in [0.4, 0.5) is 0 Å². The molecule has 1 aromatic carbocycles. The number of benzene rings is 1. The molecule has 1 amide bonds. The first-order valence-corrected chi connectivity index (χ1v) is 8.74. The SMILES string of the molecule is CN=C(NCCC1=CCOCC1)NCCc1cccc(C(=O)NC)c1.I. The van der Waals surface area contributed by atoms with E-state index in [4.69, 9.17) is 4.74 Å². The second-order valence-corrected chi connectivity index (χ2v) is 5.89. The van der Waals surface area contributed by atoms with E-state index in [2.05, 4.69) is 27.0 Å². The molecule has 0 saturated carbocycles. The molecule has 144 valence electrons. The third kappa shape index (κ3) is 7.74. The van der Waals surface area contributed by atoms with Crippen LogP contribution in [0.25, 0.3) is 0 Å². The van der Waals surface area contributed by atoms with Crippen LogP contribution in [-0.4, -0.2) is 52.3 Å². The summed E-state index contributed by atoms with van der Waals surface area (Å²) in [5.41, 5.74) is 3.25. The maximum atomic E-state index is 11.7. The minimum Gasteiger partial charge on any atom is -0.377 e. The Kier molecular flexibility index (Phi) is 11.0. The highest BCUT2D eigenvalue weighted by Gasteiger charge is 2.05.